The third kappa shape index (κ3) is 2.91. The van der Waals surface area contributed by atoms with Crippen LogP contribution in [0.2, 0.25) is 0 Å². The maximum atomic E-state index is 10.6. The second kappa shape index (κ2) is 5.43. The summed E-state index contributed by atoms with van der Waals surface area (Å²) in [5.41, 5.74) is 6.58. The molecule has 0 bridgehead atoms. The predicted octanol–water partition coefficient (Wildman–Crippen LogP) is -0.271. The van der Waals surface area contributed by atoms with Crippen LogP contribution in [0.4, 0.5) is 0 Å². The summed E-state index contributed by atoms with van der Waals surface area (Å²) in [4.78, 5) is 14.6. The van der Waals surface area contributed by atoms with Crippen LogP contribution < -0.4 is 10.9 Å². The summed E-state index contributed by atoms with van der Waals surface area (Å²) < 4.78 is 0. The molecule has 0 radical (unpaired) electrons. The number of nitrogens with one attached hydrogen (secondary N) is 2. The van der Waals surface area contributed by atoms with Crippen LogP contribution in [0.15, 0.2) is 6.20 Å². The average Bonchev–Trinajstić information content (AvgIpc) is 2.24. The number of rotatable bonds is 4. The fraction of sp³-hybridized carbons (Fsp3) is 0.400. The second-order valence-corrected chi connectivity index (χ2v) is 3.39. The summed E-state index contributed by atoms with van der Waals surface area (Å²) in [5, 5.41) is 18.8. The van der Waals surface area contributed by atoms with Crippen molar-refractivity contribution in [3.05, 3.63) is 23.0 Å². The zero-order valence-electron chi connectivity index (χ0n) is 9.24. The molecule has 0 aromatic carbocycles. The maximum absolute atomic E-state index is 10.6. The molecule has 0 saturated carbocycles. The van der Waals surface area contributed by atoms with Crippen molar-refractivity contribution in [3.8, 4) is 5.75 Å². The van der Waals surface area contributed by atoms with Gasteiger partial charge in [-0.1, -0.05) is 0 Å². The zero-order valence-corrected chi connectivity index (χ0v) is 9.24. The van der Waals surface area contributed by atoms with Crippen LogP contribution >= 0.6 is 0 Å². The minimum absolute atomic E-state index is 0.0319. The van der Waals surface area contributed by atoms with Crippen molar-refractivity contribution in [1.29, 1.82) is 0 Å². The highest BCUT2D eigenvalue weighted by atomic mass is 16.3. The summed E-state index contributed by atoms with van der Waals surface area (Å²) in [5.74, 6) is -0.194. The summed E-state index contributed by atoms with van der Waals surface area (Å²) in [6, 6.07) is 0. The molecule has 1 heterocycles. The lowest BCUT2D eigenvalue weighted by Crippen LogP contribution is -2.35. The summed E-state index contributed by atoms with van der Waals surface area (Å²) >= 11 is 0. The zero-order chi connectivity index (χ0) is 12.1. The SMILES string of the molecule is CC(=O)NNCc1c(CO)cnc(C)c1O. The van der Waals surface area contributed by atoms with Gasteiger partial charge in [-0.25, -0.2) is 5.43 Å². The van der Waals surface area contributed by atoms with Gasteiger partial charge in [0.25, 0.3) is 0 Å². The normalized spacial score (nSPS) is 10.2. The average molecular weight is 225 g/mol. The van der Waals surface area contributed by atoms with Gasteiger partial charge in [0.05, 0.1) is 12.3 Å². The van der Waals surface area contributed by atoms with Gasteiger partial charge in [-0.15, -0.1) is 0 Å². The summed E-state index contributed by atoms with van der Waals surface area (Å²) in [6.45, 7) is 3.05. The molecule has 0 atom stereocenters. The van der Waals surface area contributed by atoms with E-state index in [1.807, 2.05) is 0 Å². The molecule has 1 amide bonds. The molecule has 1 aromatic rings. The minimum atomic E-state index is -0.226. The molecule has 1 aromatic heterocycles. The first-order chi connectivity index (χ1) is 7.56. The van der Waals surface area contributed by atoms with Crippen molar-refractivity contribution in [2.45, 2.75) is 27.0 Å². The highest BCUT2D eigenvalue weighted by molar-refractivity contribution is 5.72. The van der Waals surface area contributed by atoms with E-state index in [4.69, 9.17) is 5.11 Å². The van der Waals surface area contributed by atoms with Crippen molar-refractivity contribution in [3.63, 3.8) is 0 Å². The van der Waals surface area contributed by atoms with E-state index in [1.54, 1.807) is 6.92 Å². The first-order valence-corrected chi connectivity index (χ1v) is 4.83. The van der Waals surface area contributed by atoms with Crippen LogP contribution in [0.1, 0.15) is 23.7 Å². The van der Waals surface area contributed by atoms with Crippen LogP contribution in [0.5, 0.6) is 5.75 Å². The van der Waals surface area contributed by atoms with Crippen LogP contribution in [0.3, 0.4) is 0 Å². The molecule has 1 rings (SSSR count). The number of hydrogen-bond donors (Lipinski definition) is 4. The number of amides is 1. The van der Waals surface area contributed by atoms with E-state index in [1.165, 1.54) is 13.1 Å². The minimum Gasteiger partial charge on any atom is -0.506 e. The molecule has 0 fully saturated rings. The molecule has 0 unspecified atom stereocenters. The highest BCUT2D eigenvalue weighted by Crippen LogP contribution is 2.23. The number of aryl methyl sites for hydroxylation is 1. The molecule has 88 valence electrons. The Morgan fingerprint density at radius 3 is 2.81 bits per heavy atom. The third-order valence-corrected chi connectivity index (χ3v) is 2.13. The van der Waals surface area contributed by atoms with E-state index >= 15 is 0 Å². The first kappa shape index (κ1) is 12.4. The highest BCUT2D eigenvalue weighted by Gasteiger charge is 2.10. The molecule has 0 aliphatic rings. The standard InChI is InChI=1S/C10H15N3O3/c1-6-10(16)9(4-12-13-7(2)15)8(5-14)3-11-6/h3,12,14,16H,4-5H2,1-2H3,(H,13,15). The number of pyridine rings is 1. The maximum Gasteiger partial charge on any atom is 0.230 e. The van der Waals surface area contributed by atoms with Crippen molar-refractivity contribution >= 4 is 5.91 Å². The fourth-order valence-corrected chi connectivity index (χ4v) is 1.27. The van der Waals surface area contributed by atoms with E-state index in [-0.39, 0.29) is 24.8 Å². The van der Waals surface area contributed by atoms with Gasteiger partial charge in [-0.05, 0) is 6.92 Å². The van der Waals surface area contributed by atoms with E-state index in [2.05, 4.69) is 15.8 Å². The fourth-order valence-electron chi connectivity index (χ4n) is 1.27. The van der Waals surface area contributed by atoms with Crippen LogP contribution in [0.25, 0.3) is 0 Å². The number of aliphatic hydroxyl groups is 1. The van der Waals surface area contributed by atoms with Crippen molar-refractivity contribution < 1.29 is 15.0 Å². The van der Waals surface area contributed by atoms with Crippen LogP contribution in [0, 0.1) is 6.92 Å². The van der Waals surface area contributed by atoms with E-state index < -0.39 is 0 Å². The molecule has 0 spiro atoms. The number of aromatic hydroxyl groups is 1. The lowest BCUT2D eigenvalue weighted by atomic mass is 10.1. The Labute approximate surface area is 93.3 Å². The van der Waals surface area contributed by atoms with E-state index in [9.17, 15) is 9.90 Å². The largest absolute Gasteiger partial charge is 0.506 e. The van der Waals surface area contributed by atoms with Gasteiger partial charge >= 0.3 is 0 Å². The van der Waals surface area contributed by atoms with E-state index in [0.29, 0.717) is 16.8 Å². The lowest BCUT2D eigenvalue weighted by molar-refractivity contribution is -0.119. The Morgan fingerprint density at radius 2 is 2.25 bits per heavy atom. The smallest absolute Gasteiger partial charge is 0.230 e. The molecule has 6 heteroatoms. The monoisotopic (exact) mass is 225 g/mol. The Balaban J connectivity index is 2.83. The van der Waals surface area contributed by atoms with Gasteiger partial charge < -0.3 is 10.2 Å². The quantitative estimate of drug-likeness (QED) is 0.529. The Bertz CT molecular complexity index is 393. The number of hydrogen-bond acceptors (Lipinski definition) is 5. The number of aromatic nitrogens is 1. The number of carbonyl (C=O) groups is 1. The van der Waals surface area contributed by atoms with Gasteiger partial charge in [-0.2, -0.15) is 0 Å². The van der Waals surface area contributed by atoms with Crippen LogP contribution in [-0.2, 0) is 17.9 Å². The van der Waals surface area contributed by atoms with Gasteiger partial charge in [0.15, 0.2) is 0 Å². The number of hydrazine groups is 1. The van der Waals surface area contributed by atoms with Crippen LogP contribution in [-0.4, -0.2) is 21.1 Å². The van der Waals surface area contributed by atoms with Gasteiger partial charge in [0.1, 0.15) is 5.75 Å². The van der Waals surface area contributed by atoms with E-state index in [0.717, 1.165) is 0 Å². The molecular weight excluding hydrogens is 210 g/mol. The molecule has 0 saturated heterocycles. The Kier molecular flexibility index (Phi) is 4.21. The van der Waals surface area contributed by atoms with Crippen molar-refractivity contribution in [2.24, 2.45) is 0 Å². The Morgan fingerprint density at radius 1 is 1.56 bits per heavy atom. The molecule has 0 aliphatic heterocycles. The van der Waals surface area contributed by atoms with Gasteiger partial charge in [0, 0.05) is 30.8 Å². The summed E-state index contributed by atoms with van der Waals surface area (Å²) in [7, 11) is 0. The van der Waals surface area contributed by atoms with Crippen molar-refractivity contribution in [1.82, 2.24) is 15.8 Å². The number of nitrogens with zero attached hydrogens (tertiary/aromatic N) is 1. The van der Waals surface area contributed by atoms with Gasteiger partial charge in [-0.3, -0.25) is 15.2 Å². The molecule has 6 nitrogen and oxygen atoms in total. The van der Waals surface area contributed by atoms with Crippen molar-refractivity contribution in [2.75, 3.05) is 0 Å². The second-order valence-electron chi connectivity index (χ2n) is 3.39. The van der Waals surface area contributed by atoms with Gasteiger partial charge in [0.2, 0.25) is 5.91 Å². The third-order valence-electron chi connectivity index (χ3n) is 2.13. The molecule has 0 aliphatic carbocycles. The molecule has 4 N–H and O–H groups in total. The molecular formula is C10H15N3O3. The number of aliphatic hydroxyl groups excluding tert-OH is 1. The molecule has 16 heavy (non-hydrogen) atoms. The Hall–Kier alpha value is -1.66. The number of carbonyl (C=O) groups excluding carboxylic acids is 1. The lowest BCUT2D eigenvalue weighted by Gasteiger charge is -2.12. The first-order valence-electron chi connectivity index (χ1n) is 4.83. The topological polar surface area (TPSA) is 94.5 Å². The predicted molar refractivity (Wildman–Crippen MR) is 57.2 cm³/mol. The summed E-state index contributed by atoms with van der Waals surface area (Å²) in [6.07, 6.45) is 1.50.